The maximum Gasteiger partial charge on any atom is 0.307 e. The first kappa shape index (κ1) is 20.7. The molecule has 0 unspecified atom stereocenters. The van der Waals surface area contributed by atoms with Crippen molar-refractivity contribution in [2.24, 2.45) is 0 Å². The second-order valence-corrected chi connectivity index (χ2v) is 5.77. The molecule has 0 aliphatic heterocycles. The summed E-state index contributed by atoms with van der Waals surface area (Å²) in [5.41, 5.74) is 0. The van der Waals surface area contributed by atoms with Gasteiger partial charge in [-0.3, -0.25) is 4.79 Å². The van der Waals surface area contributed by atoms with Gasteiger partial charge in [-0.25, -0.2) is 0 Å². The quantitative estimate of drug-likeness (QED) is 0.215. The number of rotatable bonds is 15. The fourth-order valence-corrected chi connectivity index (χ4v) is 2.22. The average Bonchev–Trinajstić information content (AvgIpc) is 2.50. The normalized spacial score (nSPS) is 12.0. The lowest BCUT2D eigenvalue weighted by atomic mass is 10.1. The average molecular weight is 306 g/mol. The van der Waals surface area contributed by atoms with E-state index in [1.807, 2.05) is 12.2 Å². The molecular weight excluding hydrogens is 272 g/mol. The summed E-state index contributed by atoms with van der Waals surface area (Å²) >= 11 is 0. The van der Waals surface area contributed by atoms with Crippen LogP contribution in [0.25, 0.3) is 0 Å². The van der Waals surface area contributed by atoms with Crippen LogP contribution in [0, 0.1) is 0 Å². The number of hydrogen-bond acceptors (Lipinski definition) is 1. The lowest BCUT2D eigenvalue weighted by molar-refractivity contribution is -0.136. The predicted octanol–water partition coefficient (Wildman–Crippen LogP) is 6.44. The Morgan fingerprint density at radius 2 is 1.23 bits per heavy atom. The van der Waals surface area contributed by atoms with Crippen LogP contribution in [0.4, 0.5) is 0 Å². The Balaban J connectivity index is 3.21. The van der Waals surface area contributed by atoms with Crippen LogP contribution >= 0.6 is 0 Å². The Hall–Kier alpha value is -1.31. The summed E-state index contributed by atoms with van der Waals surface area (Å²) < 4.78 is 0. The lowest BCUT2D eigenvalue weighted by Crippen LogP contribution is -1.89. The van der Waals surface area contributed by atoms with Crippen molar-refractivity contribution in [2.75, 3.05) is 0 Å². The number of hydrogen-bond donors (Lipinski definition) is 1. The van der Waals surface area contributed by atoms with Crippen molar-refractivity contribution in [3.63, 3.8) is 0 Å². The van der Waals surface area contributed by atoms with E-state index >= 15 is 0 Å². The molecule has 2 nitrogen and oxygen atoms in total. The van der Waals surface area contributed by atoms with Gasteiger partial charge < -0.3 is 5.11 Å². The van der Waals surface area contributed by atoms with E-state index in [-0.39, 0.29) is 6.42 Å². The zero-order valence-corrected chi connectivity index (χ0v) is 14.3. The third-order valence-electron chi connectivity index (χ3n) is 3.56. The second kappa shape index (κ2) is 17.7. The summed E-state index contributed by atoms with van der Waals surface area (Å²) in [7, 11) is 0. The van der Waals surface area contributed by atoms with Crippen LogP contribution in [-0.2, 0) is 4.79 Å². The standard InChI is InChI=1S/C20H34O2/c1-2-3-4-5-6-7-8-9-10-11-12-13-14-15-16-17-18-19-20(21)22/h6-7,15-18H,2-5,8-14,19H2,1H3,(H,21,22). The van der Waals surface area contributed by atoms with E-state index in [4.69, 9.17) is 5.11 Å². The maximum atomic E-state index is 10.3. The molecule has 0 aromatic heterocycles. The number of carboxylic acid groups (broad SMARTS) is 1. The first-order valence-electron chi connectivity index (χ1n) is 8.95. The summed E-state index contributed by atoms with van der Waals surface area (Å²) in [6, 6.07) is 0. The van der Waals surface area contributed by atoms with Gasteiger partial charge in [0.25, 0.3) is 0 Å². The smallest absolute Gasteiger partial charge is 0.307 e. The van der Waals surface area contributed by atoms with Crippen LogP contribution in [0.3, 0.4) is 0 Å². The molecule has 0 saturated carbocycles. The molecule has 2 heteroatoms. The molecule has 0 rings (SSSR count). The molecule has 0 amide bonds. The summed E-state index contributed by atoms with van der Waals surface area (Å²) in [6.07, 6.45) is 26.5. The first-order chi connectivity index (χ1) is 10.8. The van der Waals surface area contributed by atoms with Crippen LogP contribution in [0.15, 0.2) is 36.5 Å². The molecule has 1 N–H and O–H groups in total. The van der Waals surface area contributed by atoms with E-state index in [2.05, 4.69) is 25.2 Å². The van der Waals surface area contributed by atoms with Gasteiger partial charge in [-0.2, -0.15) is 0 Å². The van der Waals surface area contributed by atoms with Crippen LogP contribution < -0.4 is 0 Å². The molecule has 0 aliphatic rings. The van der Waals surface area contributed by atoms with Crippen LogP contribution in [-0.4, -0.2) is 11.1 Å². The van der Waals surface area contributed by atoms with Gasteiger partial charge in [-0.05, 0) is 38.5 Å². The van der Waals surface area contributed by atoms with Crippen LogP contribution in [0.2, 0.25) is 0 Å². The van der Waals surface area contributed by atoms with Crippen molar-refractivity contribution >= 4 is 5.97 Å². The van der Waals surface area contributed by atoms with Crippen molar-refractivity contribution in [2.45, 2.75) is 84.0 Å². The molecule has 0 radical (unpaired) electrons. The second-order valence-electron chi connectivity index (χ2n) is 5.77. The monoisotopic (exact) mass is 306 g/mol. The number of carboxylic acids is 1. The summed E-state index contributed by atoms with van der Waals surface area (Å²) in [4.78, 5) is 10.3. The minimum atomic E-state index is -0.777. The zero-order valence-electron chi connectivity index (χ0n) is 14.3. The molecule has 0 saturated heterocycles. The third kappa shape index (κ3) is 18.7. The molecule has 0 bridgehead atoms. The Morgan fingerprint density at radius 1 is 0.727 bits per heavy atom. The van der Waals surface area contributed by atoms with Crippen molar-refractivity contribution < 1.29 is 9.90 Å². The Bertz CT molecular complexity index is 327. The fraction of sp³-hybridized carbons (Fsp3) is 0.650. The van der Waals surface area contributed by atoms with Gasteiger partial charge in [0.2, 0.25) is 0 Å². The number of unbranched alkanes of at least 4 members (excludes halogenated alkanes) is 9. The van der Waals surface area contributed by atoms with Crippen molar-refractivity contribution in [1.82, 2.24) is 0 Å². The van der Waals surface area contributed by atoms with Crippen molar-refractivity contribution in [1.29, 1.82) is 0 Å². The number of allylic oxidation sites excluding steroid dienone is 5. The van der Waals surface area contributed by atoms with Gasteiger partial charge in [-0.1, -0.05) is 75.5 Å². The number of carbonyl (C=O) groups is 1. The molecule has 0 atom stereocenters. The zero-order chi connectivity index (χ0) is 16.3. The highest BCUT2D eigenvalue weighted by Crippen LogP contribution is 2.08. The molecule has 0 heterocycles. The lowest BCUT2D eigenvalue weighted by Gasteiger charge is -1.98. The van der Waals surface area contributed by atoms with E-state index in [9.17, 15) is 4.79 Å². The summed E-state index contributed by atoms with van der Waals surface area (Å²) in [5, 5.41) is 8.46. The van der Waals surface area contributed by atoms with Crippen LogP contribution in [0.5, 0.6) is 0 Å². The minimum Gasteiger partial charge on any atom is -0.481 e. The van der Waals surface area contributed by atoms with Gasteiger partial charge in [0.05, 0.1) is 6.42 Å². The van der Waals surface area contributed by atoms with Gasteiger partial charge >= 0.3 is 5.97 Å². The molecule has 22 heavy (non-hydrogen) atoms. The van der Waals surface area contributed by atoms with Gasteiger partial charge in [0.15, 0.2) is 0 Å². The highest BCUT2D eigenvalue weighted by atomic mass is 16.4. The fourth-order valence-electron chi connectivity index (χ4n) is 2.22. The number of aliphatic carboxylic acids is 1. The topological polar surface area (TPSA) is 37.3 Å². The summed E-state index contributed by atoms with van der Waals surface area (Å²) in [6.45, 7) is 2.25. The highest BCUT2D eigenvalue weighted by Gasteiger charge is 1.89. The highest BCUT2D eigenvalue weighted by molar-refractivity contribution is 5.68. The van der Waals surface area contributed by atoms with Gasteiger partial charge in [0, 0.05) is 0 Å². The molecular formula is C20H34O2. The predicted molar refractivity (Wildman–Crippen MR) is 96.1 cm³/mol. The first-order valence-corrected chi connectivity index (χ1v) is 8.95. The van der Waals surface area contributed by atoms with Gasteiger partial charge in [-0.15, -0.1) is 0 Å². The van der Waals surface area contributed by atoms with E-state index in [1.54, 1.807) is 6.08 Å². The molecule has 0 aromatic carbocycles. The molecule has 0 fully saturated rings. The summed E-state index contributed by atoms with van der Waals surface area (Å²) in [5.74, 6) is -0.777. The van der Waals surface area contributed by atoms with Crippen molar-refractivity contribution in [3.05, 3.63) is 36.5 Å². The Morgan fingerprint density at radius 3 is 1.82 bits per heavy atom. The Labute approximate surface area is 137 Å². The molecule has 126 valence electrons. The Kier molecular flexibility index (Phi) is 16.7. The third-order valence-corrected chi connectivity index (χ3v) is 3.56. The van der Waals surface area contributed by atoms with Crippen LogP contribution in [0.1, 0.15) is 84.0 Å². The molecule has 0 aromatic rings. The minimum absolute atomic E-state index is 0.109. The van der Waals surface area contributed by atoms with Crippen molar-refractivity contribution in [3.8, 4) is 0 Å². The largest absolute Gasteiger partial charge is 0.481 e. The maximum absolute atomic E-state index is 10.3. The van der Waals surface area contributed by atoms with E-state index in [0.717, 1.165) is 6.42 Å². The SMILES string of the molecule is CCCCCC=CCCCCCCCC=CC=CCC(=O)O. The van der Waals surface area contributed by atoms with E-state index in [0.29, 0.717) is 0 Å². The molecule has 0 spiro atoms. The van der Waals surface area contributed by atoms with Gasteiger partial charge in [0.1, 0.15) is 0 Å². The van der Waals surface area contributed by atoms with E-state index in [1.165, 1.54) is 64.2 Å². The van der Waals surface area contributed by atoms with E-state index < -0.39 is 5.97 Å². The molecule has 0 aliphatic carbocycles.